The van der Waals surface area contributed by atoms with Gasteiger partial charge in [-0.05, 0) is 30.3 Å². The van der Waals surface area contributed by atoms with Gasteiger partial charge in [-0.1, -0.05) is 13.8 Å². The first-order valence-electron chi connectivity index (χ1n) is 6.40. The standard InChI is InChI=1S/C13H18N4O2S/c1-3-17(4-2)20(18,19)11-6-7-12-10(9-11)5-8-13(15-12)16-14/h5-9H,3-4,14H2,1-2H3,(H,15,16). The van der Waals surface area contributed by atoms with Crippen LogP contribution in [0.15, 0.2) is 35.2 Å². The summed E-state index contributed by atoms with van der Waals surface area (Å²) in [6, 6.07) is 8.39. The number of nitrogen functional groups attached to an aromatic ring is 1. The summed E-state index contributed by atoms with van der Waals surface area (Å²) in [5, 5.41) is 0.761. The first-order chi connectivity index (χ1) is 9.52. The van der Waals surface area contributed by atoms with Crippen LogP contribution in [0.4, 0.5) is 5.82 Å². The van der Waals surface area contributed by atoms with E-state index in [1.807, 2.05) is 13.8 Å². The number of sulfonamides is 1. The normalized spacial score (nSPS) is 12.0. The summed E-state index contributed by atoms with van der Waals surface area (Å²) in [6.07, 6.45) is 0. The van der Waals surface area contributed by atoms with Crippen molar-refractivity contribution in [3.8, 4) is 0 Å². The highest BCUT2D eigenvalue weighted by Gasteiger charge is 2.21. The number of benzene rings is 1. The molecule has 1 aromatic heterocycles. The fraction of sp³-hybridized carbons (Fsp3) is 0.308. The fourth-order valence-electron chi connectivity index (χ4n) is 2.06. The molecule has 0 saturated carbocycles. The van der Waals surface area contributed by atoms with Gasteiger partial charge >= 0.3 is 0 Å². The first kappa shape index (κ1) is 14.7. The Balaban J connectivity index is 2.52. The Bertz CT molecular complexity index is 711. The second-order valence-electron chi connectivity index (χ2n) is 4.28. The average Bonchev–Trinajstić information content (AvgIpc) is 2.47. The van der Waals surface area contributed by atoms with Crippen molar-refractivity contribution < 1.29 is 8.42 Å². The largest absolute Gasteiger partial charge is 0.308 e. The molecule has 0 unspecified atom stereocenters. The molecule has 0 bridgehead atoms. The van der Waals surface area contributed by atoms with Crippen LogP contribution in [0.1, 0.15) is 13.8 Å². The molecule has 1 aromatic carbocycles. The van der Waals surface area contributed by atoms with Crippen molar-refractivity contribution in [3.63, 3.8) is 0 Å². The maximum Gasteiger partial charge on any atom is 0.243 e. The molecule has 0 spiro atoms. The highest BCUT2D eigenvalue weighted by molar-refractivity contribution is 7.89. The number of fused-ring (bicyclic) bond motifs is 1. The number of hydrogen-bond acceptors (Lipinski definition) is 5. The number of anilines is 1. The molecule has 7 heteroatoms. The maximum absolute atomic E-state index is 12.4. The number of nitrogens with zero attached hydrogens (tertiary/aromatic N) is 2. The van der Waals surface area contributed by atoms with Crippen LogP contribution in [0.2, 0.25) is 0 Å². The Labute approximate surface area is 118 Å². The predicted octanol–water partition coefficient (Wildman–Crippen LogP) is 1.55. The Morgan fingerprint density at radius 3 is 2.50 bits per heavy atom. The van der Waals surface area contributed by atoms with Gasteiger partial charge < -0.3 is 5.43 Å². The minimum absolute atomic E-state index is 0.281. The number of hydrogen-bond donors (Lipinski definition) is 2. The molecular weight excluding hydrogens is 276 g/mol. The van der Waals surface area contributed by atoms with E-state index in [1.165, 1.54) is 4.31 Å². The molecule has 2 rings (SSSR count). The topological polar surface area (TPSA) is 88.3 Å². The van der Waals surface area contributed by atoms with Gasteiger partial charge in [0.15, 0.2) is 0 Å². The van der Waals surface area contributed by atoms with Crippen molar-refractivity contribution >= 4 is 26.7 Å². The molecule has 0 saturated heterocycles. The number of nitrogens with one attached hydrogen (secondary N) is 1. The van der Waals surface area contributed by atoms with Crippen molar-refractivity contribution in [1.82, 2.24) is 9.29 Å². The van der Waals surface area contributed by atoms with E-state index in [0.717, 1.165) is 5.39 Å². The van der Waals surface area contributed by atoms with E-state index in [0.29, 0.717) is 24.4 Å². The zero-order chi connectivity index (χ0) is 14.8. The van der Waals surface area contributed by atoms with E-state index in [2.05, 4.69) is 10.4 Å². The van der Waals surface area contributed by atoms with Crippen LogP contribution in [0.3, 0.4) is 0 Å². The summed E-state index contributed by atoms with van der Waals surface area (Å²) in [5.74, 6) is 5.84. The van der Waals surface area contributed by atoms with Crippen molar-refractivity contribution in [2.24, 2.45) is 5.84 Å². The first-order valence-corrected chi connectivity index (χ1v) is 7.84. The molecule has 2 aromatic rings. The third-order valence-electron chi connectivity index (χ3n) is 3.15. The van der Waals surface area contributed by atoms with Crippen molar-refractivity contribution in [2.75, 3.05) is 18.5 Å². The van der Waals surface area contributed by atoms with Crippen LogP contribution in [-0.4, -0.2) is 30.8 Å². The summed E-state index contributed by atoms with van der Waals surface area (Å²) < 4.78 is 26.3. The second kappa shape index (κ2) is 5.74. The maximum atomic E-state index is 12.4. The Kier molecular flexibility index (Phi) is 4.22. The van der Waals surface area contributed by atoms with Crippen LogP contribution in [0.25, 0.3) is 10.9 Å². The number of hydrazine groups is 1. The van der Waals surface area contributed by atoms with Crippen LogP contribution in [0, 0.1) is 0 Å². The van der Waals surface area contributed by atoms with E-state index in [1.54, 1.807) is 30.3 Å². The van der Waals surface area contributed by atoms with Crippen LogP contribution in [0.5, 0.6) is 0 Å². The van der Waals surface area contributed by atoms with Crippen LogP contribution < -0.4 is 11.3 Å². The molecule has 0 atom stereocenters. The summed E-state index contributed by atoms with van der Waals surface area (Å²) in [4.78, 5) is 4.54. The molecular formula is C13H18N4O2S. The monoisotopic (exact) mass is 294 g/mol. The summed E-state index contributed by atoms with van der Waals surface area (Å²) in [5.41, 5.74) is 3.16. The Hall–Kier alpha value is -1.70. The molecule has 3 N–H and O–H groups in total. The fourth-order valence-corrected chi connectivity index (χ4v) is 3.55. The van der Waals surface area contributed by atoms with Gasteiger partial charge in [0.05, 0.1) is 10.4 Å². The minimum Gasteiger partial charge on any atom is -0.308 e. The molecule has 0 amide bonds. The molecule has 0 aliphatic heterocycles. The highest BCUT2D eigenvalue weighted by atomic mass is 32.2. The van der Waals surface area contributed by atoms with Gasteiger partial charge in [0.2, 0.25) is 10.0 Å². The molecule has 6 nitrogen and oxygen atoms in total. The van der Waals surface area contributed by atoms with Gasteiger partial charge in [0, 0.05) is 18.5 Å². The third kappa shape index (κ3) is 2.60. The zero-order valence-electron chi connectivity index (χ0n) is 11.5. The average molecular weight is 294 g/mol. The van der Waals surface area contributed by atoms with Gasteiger partial charge in [-0.15, -0.1) is 0 Å². The summed E-state index contributed by atoms with van der Waals surface area (Å²) in [6.45, 7) is 4.54. The molecule has 20 heavy (non-hydrogen) atoms. The van der Waals surface area contributed by atoms with Gasteiger partial charge in [0.1, 0.15) is 5.82 Å². The van der Waals surface area contributed by atoms with Gasteiger partial charge in [-0.2, -0.15) is 4.31 Å². The van der Waals surface area contributed by atoms with Crippen LogP contribution >= 0.6 is 0 Å². The number of nitrogens with two attached hydrogens (primary N) is 1. The zero-order valence-corrected chi connectivity index (χ0v) is 12.3. The number of pyridine rings is 1. The SMILES string of the molecule is CCN(CC)S(=O)(=O)c1ccc2nc(NN)ccc2c1. The number of aromatic nitrogens is 1. The summed E-state index contributed by atoms with van der Waals surface area (Å²) >= 11 is 0. The van der Waals surface area contributed by atoms with E-state index in [9.17, 15) is 8.42 Å². The minimum atomic E-state index is -3.44. The van der Waals surface area contributed by atoms with Gasteiger partial charge in [-0.3, -0.25) is 0 Å². The molecule has 108 valence electrons. The lowest BCUT2D eigenvalue weighted by Crippen LogP contribution is -2.30. The van der Waals surface area contributed by atoms with Gasteiger partial charge in [-0.25, -0.2) is 19.2 Å². The molecule has 0 aliphatic rings. The third-order valence-corrected chi connectivity index (χ3v) is 5.20. The second-order valence-corrected chi connectivity index (χ2v) is 6.22. The lowest BCUT2D eigenvalue weighted by atomic mass is 10.2. The molecule has 0 aliphatic carbocycles. The lowest BCUT2D eigenvalue weighted by Gasteiger charge is -2.18. The summed E-state index contributed by atoms with van der Waals surface area (Å²) in [7, 11) is -3.44. The van der Waals surface area contributed by atoms with Crippen LogP contribution in [-0.2, 0) is 10.0 Å². The Morgan fingerprint density at radius 2 is 1.90 bits per heavy atom. The Morgan fingerprint density at radius 1 is 1.20 bits per heavy atom. The molecule has 0 fully saturated rings. The smallest absolute Gasteiger partial charge is 0.243 e. The quantitative estimate of drug-likeness (QED) is 0.645. The van der Waals surface area contributed by atoms with Gasteiger partial charge in [0.25, 0.3) is 0 Å². The van der Waals surface area contributed by atoms with Crippen molar-refractivity contribution in [3.05, 3.63) is 30.3 Å². The van der Waals surface area contributed by atoms with E-state index in [4.69, 9.17) is 5.84 Å². The predicted molar refractivity (Wildman–Crippen MR) is 79.7 cm³/mol. The van der Waals surface area contributed by atoms with Crippen molar-refractivity contribution in [2.45, 2.75) is 18.7 Å². The van der Waals surface area contributed by atoms with E-state index >= 15 is 0 Å². The van der Waals surface area contributed by atoms with E-state index in [-0.39, 0.29) is 4.90 Å². The van der Waals surface area contributed by atoms with Crippen molar-refractivity contribution in [1.29, 1.82) is 0 Å². The molecule has 1 heterocycles. The highest BCUT2D eigenvalue weighted by Crippen LogP contribution is 2.22. The number of rotatable bonds is 5. The molecule has 0 radical (unpaired) electrons. The van der Waals surface area contributed by atoms with E-state index < -0.39 is 10.0 Å². The lowest BCUT2D eigenvalue weighted by molar-refractivity contribution is 0.445.